The number of aromatic nitrogens is 4. The molecule has 0 saturated carbocycles. The minimum absolute atomic E-state index is 0.0628. The van der Waals surface area contributed by atoms with Crippen LogP contribution in [0, 0.1) is 13.8 Å². The Balaban J connectivity index is 1.50. The van der Waals surface area contributed by atoms with E-state index >= 15 is 0 Å². The van der Waals surface area contributed by atoms with Crippen molar-refractivity contribution in [1.29, 1.82) is 0 Å². The van der Waals surface area contributed by atoms with Crippen LogP contribution in [0.2, 0.25) is 0 Å². The maximum Gasteiger partial charge on any atom is 0.271 e. The average Bonchev–Trinajstić information content (AvgIpc) is 3.28. The molecule has 0 spiro atoms. The number of thiazole rings is 1. The van der Waals surface area contributed by atoms with Gasteiger partial charge in [0.2, 0.25) is 0 Å². The molecule has 1 N–H and O–H groups in total. The minimum Gasteiger partial charge on any atom is -0.462 e. The number of aryl methyl sites for hydroxylation is 3. The molecule has 4 heterocycles. The van der Waals surface area contributed by atoms with Gasteiger partial charge in [-0.3, -0.25) is 4.79 Å². The summed E-state index contributed by atoms with van der Waals surface area (Å²) in [6, 6.07) is 3.72. The molecule has 1 atom stereocenters. The van der Waals surface area contributed by atoms with Crippen molar-refractivity contribution in [2.24, 2.45) is 0 Å². The van der Waals surface area contributed by atoms with Crippen molar-refractivity contribution < 1.29 is 9.21 Å². The maximum absolute atomic E-state index is 12.6. The van der Waals surface area contributed by atoms with Crippen LogP contribution in [0.1, 0.15) is 33.4 Å². The van der Waals surface area contributed by atoms with Crippen LogP contribution in [-0.2, 0) is 13.0 Å². The average molecular weight is 343 g/mol. The summed E-state index contributed by atoms with van der Waals surface area (Å²) >= 11 is 1.46. The lowest BCUT2D eigenvalue weighted by molar-refractivity contribution is 0.0922. The quantitative estimate of drug-likeness (QED) is 0.789. The second-order valence-electron chi connectivity index (χ2n) is 5.88. The van der Waals surface area contributed by atoms with Crippen LogP contribution in [0.5, 0.6) is 0 Å². The predicted molar refractivity (Wildman–Crippen MR) is 88.9 cm³/mol. The largest absolute Gasteiger partial charge is 0.462 e. The summed E-state index contributed by atoms with van der Waals surface area (Å²) < 4.78 is 7.43. The first-order valence-corrected chi connectivity index (χ1v) is 8.64. The van der Waals surface area contributed by atoms with Crippen LogP contribution < -0.4 is 5.32 Å². The van der Waals surface area contributed by atoms with Gasteiger partial charge in [-0.05, 0) is 32.4 Å². The molecule has 8 heteroatoms. The summed E-state index contributed by atoms with van der Waals surface area (Å²) in [7, 11) is 0. The maximum atomic E-state index is 12.6. The molecule has 0 aliphatic carbocycles. The molecule has 0 fully saturated rings. The van der Waals surface area contributed by atoms with Crippen molar-refractivity contribution in [1.82, 2.24) is 25.1 Å². The summed E-state index contributed by atoms with van der Waals surface area (Å²) in [6.07, 6.45) is 3.28. The third-order valence-corrected chi connectivity index (χ3v) is 5.20. The lowest BCUT2D eigenvalue weighted by Crippen LogP contribution is -2.41. The van der Waals surface area contributed by atoms with Crippen LogP contribution in [0.15, 0.2) is 22.8 Å². The molecule has 0 unspecified atom stereocenters. The van der Waals surface area contributed by atoms with Gasteiger partial charge in [0, 0.05) is 23.9 Å². The molecule has 7 nitrogen and oxygen atoms in total. The van der Waals surface area contributed by atoms with E-state index in [-0.39, 0.29) is 11.9 Å². The van der Waals surface area contributed by atoms with Gasteiger partial charge in [-0.15, -0.1) is 21.5 Å². The number of fused-ring (bicyclic) bond motifs is 1. The number of carbonyl (C=O) groups excluding carboxylic acids is 1. The first kappa shape index (κ1) is 15.1. The van der Waals surface area contributed by atoms with Gasteiger partial charge in [-0.2, -0.15) is 0 Å². The van der Waals surface area contributed by atoms with E-state index < -0.39 is 0 Å². The Morgan fingerprint density at radius 1 is 1.42 bits per heavy atom. The van der Waals surface area contributed by atoms with Crippen LogP contribution in [0.4, 0.5) is 0 Å². The first-order chi connectivity index (χ1) is 11.6. The van der Waals surface area contributed by atoms with Crippen molar-refractivity contribution in [3.63, 3.8) is 0 Å². The molecule has 1 aliphatic heterocycles. The second kappa shape index (κ2) is 5.86. The van der Waals surface area contributed by atoms with Crippen LogP contribution in [0.25, 0.3) is 10.8 Å². The minimum atomic E-state index is -0.138. The fraction of sp³-hybridized carbons (Fsp3) is 0.375. The van der Waals surface area contributed by atoms with Crippen molar-refractivity contribution in [2.75, 3.05) is 0 Å². The van der Waals surface area contributed by atoms with Gasteiger partial charge in [-0.25, -0.2) is 4.98 Å². The van der Waals surface area contributed by atoms with E-state index in [2.05, 4.69) is 25.1 Å². The number of amides is 1. The predicted octanol–water partition coefficient (Wildman–Crippen LogP) is 2.36. The van der Waals surface area contributed by atoms with Crippen molar-refractivity contribution >= 4 is 17.2 Å². The Morgan fingerprint density at radius 3 is 3.08 bits per heavy atom. The molecule has 0 radical (unpaired) electrons. The lowest BCUT2D eigenvalue weighted by atomic mass is 10.1. The molecular weight excluding hydrogens is 326 g/mol. The summed E-state index contributed by atoms with van der Waals surface area (Å²) in [6.45, 7) is 4.54. The third kappa shape index (κ3) is 2.62. The van der Waals surface area contributed by atoms with E-state index in [0.717, 1.165) is 34.4 Å². The Bertz CT molecular complexity index is 881. The van der Waals surface area contributed by atoms with Crippen molar-refractivity contribution in [2.45, 2.75) is 39.3 Å². The van der Waals surface area contributed by atoms with E-state index in [4.69, 9.17) is 4.42 Å². The number of hydrogen-bond donors (Lipinski definition) is 1. The second-order valence-corrected chi connectivity index (χ2v) is 7.09. The number of nitrogens with zero attached hydrogens (tertiary/aromatic N) is 4. The van der Waals surface area contributed by atoms with E-state index in [1.54, 1.807) is 6.26 Å². The van der Waals surface area contributed by atoms with Gasteiger partial charge < -0.3 is 14.3 Å². The first-order valence-electron chi connectivity index (χ1n) is 7.82. The molecule has 0 aromatic carbocycles. The fourth-order valence-electron chi connectivity index (χ4n) is 2.95. The highest BCUT2D eigenvalue weighted by atomic mass is 32.1. The topological polar surface area (TPSA) is 85.8 Å². The highest BCUT2D eigenvalue weighted by molar-refractivity contribution is 7.15. The number of nitrogens with one attached hydrogen (secondary N) is 1. The highest BCUT2D eigenvalue weighted by Crippen LogP contribution is 2.28. The van der Waals surface area contributed by atoms with Crippen LogP contribution in [0.3, 0.4) is 0 Å². The van der Waals surface area contributed by atoms with E-state index in [0.29, 0.717) is 18.0 Å². The van der Waals surface area contributed by atoms with Crippen molar-refractivity contribution in [3.05, 3.63) is 40.6 Å². The Hall–Kier alpha value is -2.48. The van der Waals surface area contributed by atoms with Gasteiger partial charge in [0.05, 0.1) is 6.26 Å². The van der Waals surface area contributed by atoms with Gasteiger partial charge in [0.25, 0.3) is 5.91 Å². The standard InChI is InChI=1S/C16H17N5O2S/c1-9-14(18-16(24-9)12-4-3-7-23-12)15(22)17-11-5-6-13-20-19-10(2)21(13)8-11/h3-4,7,11H,5-6,8H2,1-2H3,(H,17,22)/t11-/m0/s1. The molecule has 1 amide bonds. The molecule has 124 valence electrons. The molecule has 0 saturated heterocycles. The highest BCUT2D eigenvalue weighted by Gasteiger charge is 2.25. The van der Waals surface area contributed by atoms with Crippen LogP contribution in [-0.4, -0.2) is 31.7 Å². The molecule has 1 aliphatic rings. The lowest BCUT2D eigenvalue weighted by Gasteiger charge is -2.24. The smallest absolute Gasteiger partial charge is 0.271 e. The summed E-state index contributed by atoms with van der Waals surface area (Å²) in [5, 5.41) is 12.1. The van der Waals surface area contributed by atoms with E-state index in [1.165, 1.54) is 11.3 Å². The summed E-state index contributed by atoms with van der Waals surface area (Å²) in [5.41, 5.74) is 0.470. The summed E-state index contributed by atoms with van der Waals surface area (Å²) in [5.74, 6) is 2.42. The monoisotopic (exact) mass is 343 g/mol. The normalized spacial score (nSPS) is 16.8. The van der Waals surface area contributed by atoms with Gasteiger partial charge >= 0.3 is 0 Å². The van der Waals surface area contributed by atoms with Gasteiger partial charge in [0.15, 0.2) is 10.8 Å². The third-order valence-electron chi connectivity index (χ3n) is 4.21. The van der Waals surface area contributed by atoms with E-state index in [9.17, 15) is 4.79 Å². The summed E-state index contributed by atoms with van der Waals surface area (Å²) in [4.78, 5) is 17.9. The SMILES string of the molecule is Cc1sc(-c2ccco2)nc1C(=O)N[C@H]1CCc2nnc(C)n2C1. The zero-order chi connectivity index (χ0) is 16.7. The molecular formula is C16H17N5O2S. The van der Waals surface area contributed by atoms with Gasteiger partial charge in [-0.1, -0.05) is 0 Å². The fourth-order valence-corrected chi connectivity index (χ4v) is 3.83. The number of carbonyl (C=O) groups is 1. The molecule has 4 rings (SSSR count). The van der Waals surface area contributed by atoms with Crippen LogP contribution >= 0.6 is 11.3 Å². The Morgan fingerprint density at radius 2 is 2.29 bits per heavy atom. The number of rotatable bonds is 3. The number of hydrogen-bond acceptors (Lipinski definition) is 6. The number of furan rings is 1. The molecule has 0 bridgehead atoms. The van der Waals surface area contributed by atoms with E-state index in [1.807, 2.05) is 26.0 Å². The van der Waals surface area contributed by atoms with Gasteiger partial charge in [0.1, 0.15) is 17.3 Å². The molecule has 24 heavy (non-hydrogen) atoms. The van der Waals surface area contributed by atoms with Crippen molar-refractivity contribution in [3.8, 4) is 10.8 Å². The Kier molecular flexibility index (Phi) is 3.68. The molecule has 3 aromatic heterocycles. The zero-order valence-corrected chi connectivity index (χ0v) is 14.3. The Labute approximate surface area is 142 Å². The zero-order valence-electron chi connectivity index (χ0n) is 13.4. The molecule has 3 aromatic rings.